The van der Waals surface area contributed by atoms with Crippen LogP contribution in [-0.2, 0) is 5.92 Å². The second-order valence-electron chi connectivity index (χ2n) is 4.10. The molecule has 3 nitrogen and oxygen atoms in total. The molecule has 0 amide bonds. The number of hydrogen-bond acceptors (Lipinski definition) is 2. The third-order valence-electron chi connectivity index (χ3n) is 2.57. The van der Waals surface area contributed by atoms with Crippen molar-refractivity contribution in [2.45, 2.75) is 31.6 Å². The molecule has 1 aliphatic carbocycles. The first-order valence-electron chi connectivity index (χ1n) is 5.02. The molecule has 16 heavy (non-hydrogen) atoms. The minimum absolute atomic E-state index is 0.0356. The fourth-order valence-corrected chi connectivity index (χ4v) is 1.57. The first-order valence-corrected chi connectivity index (χ1v) is 5.02. The molecule has 1 fully saturated rings. The molecule has 1 aromatic rings. The van der Waals surface area contributed by atoms with Crippen molar-refractivity contribution in [2.75, 3.05) is 0 Å². The monoisotopic (exact) mass is 227 g/mol. The summed E-state index contributed by atoms with van der Waals surface area (Å²) in [6, 6.07) is 2.30. The average Bonchev–Trinajstić information content (AvgIpc) is 2.98. The maximum atomic E-state index is 13.0. The van der Waals surface area contributed by atoms with Crippen molar-refractivity contribution >= 4 is 5.97 Å². The number of carboxylic acid groups (broad SMARTS) is 1. The van der Waals surface area contributed by atoms with Crippen molar-refractivity contribution in [3.8, 4) is 0 Å². The number of rotatable bonds is 3. The second kappa shape index (κ2) is 3.50. The Kier molecular flexibility index (Phi) is 2.40. The van der Waals surface area contributed by atoms with E-state index in [1.54, 1.807) is 0 Å². The fraction of sp³-hybridized carbons (Fsp3) is 0.455. The minimum Gasteiger partial charge on any atom is -0.478 e. The Bertz CT molecular complexity index is 436. The number of halogens is 2. The SMILES string of the molecule is CC(F)(F)c1ccc(C(=O)O)c(C2CC2)n1. The number of carbonyl (C=O) groups is 1. The molecule has 0 saturated heterocycles. The van der Waals surface area contributed by atoms with Crippen molar-refractivity contribution in [3.63, 3.8) is 0 Å². The molecule has 0 radical (unpaired) electrons. The van der Waals surface area contributed by atoms with Crippen molar-refractivity contribution in [2.24, 2.45) is 0 Å². The van der Waals surface area contributed by atoms with Gasteiger partial charge in [0.25, 0.3) is 5.92 Å². The Morgan fingerprint density at radius 2 is 2.12 bits per heavy atom. The highest BCUT2D eigenvalue weighted by Crippen LogP contribution is 2.41. The van der Waals surface area contributed by atoms with Crippen molar-refractivity contribution in [1.82, 2.24) is 4.98 Å². The quantitative estimate of drug-likeness (QED) is 0.863. The van der Waals surface area contributed by atoms with E-state index in [-0.39, 0.29) is 17.2 Å². The molecule has 1 aromatic heterocycles. The zero-order valence-electron chi connectivity index (χ0n) is 8.70. The molecule has 0 unspecified atom stereocenters. The summed E-state index contributed by atoms with van der Waals surface area (Å²) in [5.41, 5.74) is -0.0265. The van der Waals surface area contributed by atoms with Gasteiger partial charge in [-0.15, -0.1) is 0 Å². The molecule has 5 heteroatoms. The number of pyridine rings is 1. The number of carboxylic acids is 1. The normalized spacial score (nSPS) is 16.2. The second-order valence-corrected chi connectivity index (χ2v) is 4.10. The Hall–Kier alpha value is -1.52. The van der Waals surface area contributed by atoms with Gasteiger partial charge in [-0.3, -0.25) is 4.98 Å². The molecule has 0 atom stereocenters. The van der Waals surface area contributed by atoms with E-state index in [0.717, 1.165) is 25.8 Å². The molecule has 0 aliphatic heterocycles. The lowest BCUT2D eigenvalue weighted by molar-refractivity contribution is 0.0124. The fourth-order valence-electron chi connectivity index (χ4n) is 1.57. The van der Waals surface area contributed by atoms with Gasteiger partial charge in [-0.05, 0) is 25.0 Å². The van der Waals surface area contributed by atoms with Gasteiger partial charge in [-0.25, -0.2) is 4.79 Å². The van der Waals surface area contributed by atoms with Gasteiger partial charge in [-0.2, -0.15) is 8.78 Å². The largest absolute Gasteiger partial charge is 0.478 e. The van der Waals surface area contributed by atoms with Crippen molar-refractivity contribution in [1.29, 1.82) is 0 Å². The first-order chi connectivity index (χ1) is 7.39. The molecule has 1 saturated carbocycles. The van der Waals surface area contributed by atoms with Crippen LogP contribution in [0.2, 0.25) is 0 Å². The van der Waals surface area contributed by atoms with Crippen LogP contribution in [0, 0.1) is 0 Å². The van der Waals surface area contributed by atoms with Crippen LogP contribution in [0.1, 0.15) is 47.4 Å². The maximum Gasteiger partial charge on any atom is 0.337 e. The van der Waals surface area contributed by atoms with Crippen LogP contribution < -0.4 is 0 Å². The van der Waals surface area contributed by atoms with Crippen LogP contribution in [0.5, 0.6) is 0 Å². The molecular formula is C11H11F2NO2. The van der Waals surface area contributed by atoms with E-state index in [9.17, 15) is 13.6 Å². The maximum absolute atomic E-state index is 13.0. The molecular weight excluding hydrogens is 216 g/mol. The summed E-state index contributed by atoms with van der Waals surface area (Å²) in [6.07, 6.45) is 1.65. The van der Waals surface area contributed by atoms with Crippen LogP contribution in [0.4, 0.5) is 8.78 Å². The molecule has 1 N–H and O–H groups in total. The van der Waals surface area contributed by atoms with Crippen LogP contribution in [0.25, 0.3) is 0 Å². The van der Waals surface area contributed by atoms with E-state index in [2.05, 4.69) is 4.98 Å². The van der Waals surface area contributed by atoms with E-state index in [1.807, 2.05) is 0 Å². The van der Waals surface area contributed by atoms with Gasteiger partial charge in [0.05, 0.1) is 11.3 Å². The number of aromatic carboxylic acids is 1. The number of aromatic nitrogens is 1. The third kappa shape index (κ3) is 2.03. The smallest absolute Gasteiger partial charge is 0.337 e. The molecule has 2 rings (SSSR count). The van der Waals surface area contributed by atoms with Gasteiger partial charge < -0.3 is 5.11 Å². The highest BCUT2D eigenvalue weighted by atomic mass is 19.3. The van der Waals surface area contributed by atoms with Gasteiger partial charge in [0.2, 0.25) is 0 Å². The van der Waals surface area contributed by atoms with Crippen molar-refractivity contribution in [3.05, 3.63) is 29.1 Å². The molecule has 0 aromatic carbocycles. The zero-order chi connectivity index (χ0) is 11.9. The van der Waals surface area contributed by atoms with Gasteiger partial charge >= 0.3 is 5.97 Å². The summed E-state index contributed by atoms with van der Waals surface area (Å²) < 4.78 is 26.1. The molecule has 86 valence electrons. The van der Waals surface area contributed by atoms with Crippen LogP contribution in [-0.4, -0.2) is 16.1 Å². The Morgan fingerprint density at radius 1 is 1.50 bits per heavy atom. The highest BCUT2D eigenvalue weighted by Gasteiger charge is 2.33. The molecule has 0 bridgehead atoms. The lowest BCUT2D eigenvalue weighted by Gasteiger charge is -2.12. The predicted molar refractivity (Wildman–Crippen MR) is 52.7 cm³/mol. The van der Waals surface area contributed by atoms with Crippen LogP contribution >= 0.6 is 0 Å². The number of alkyl halides is 2. The average molecular weight is 227 g/mol. The first kappa shape index (κ1) is 11.0. The van der Waals surface area contributed by atoms with Crippen molar-refractivity contribution < 1.29 is 18.7 Å². The van der Waals surface area contributed by atoms with Crippen LogP contribution in [0.15, 0.2) is 12.1 Å². The summed E-state index contributed by atoms with van der Waals surface area (Å²) in [6.45, 7) is 0.756. The van der Waals surface area contributed by atoms with Gasteiger partial charge in [0, 0.05) is 12.8 Å². The standard InChI is InChI=1S/C11H11F2NO2/c1-11(12,13)8-5-4-7(10(15)16)9(14-8)6-2-3-6/h4-6H,2-3H2,1H3,(H,15,16). The van der Waals surface area contributed by atoms with E-state index in [1.165, 1.54) is 6.07 Å². The lowest BCUT2D eigenvalue weighted by Crippen LogP contribution is -2.13. The van der Waals surface area contributed by atoms with Gasteiger partial charge in [0.15, 0.2) is 0 Å². The summed E-state index contributed by atoms with van der Waals surface area (Å²) in [5.74, 6) is -4.10. The van der Waals surface area contributed by atoms with E-state index in [4.69, 9.17) is 5.11 Å². The minimum atomic E-state index is -3.03. The molecule has 1 aliphatic rings. The van der Waals surface area contributed by atoms with Gasteiger partial charge in [-0.1, -0.05) is 0 Å². The number of hydrogen-bond donors (Lipinski definition) is 1. The zero-order valence-corrected chi connectivity index (χ0v) is 8.70. The molecule has 0 spiro atoms. The summed E-state index contributed by atoms with van der Waals surface area (Å²) >= 11 is 0. The summed E-state index contributed by atoms with van der Waals surface area (Å²) in [7, 11) is 0. The number of nitrogens with zero attached hydrogens (tertiary/aromatic N) is 1. The van der Waals surface area contributed by atoms with E-state index < -0.39 is 11.9 Å². The highest BCUT2D eigenvalue weighted by molar-refractivity contribution is 5.89. The summed E-state index contributed by atoms with van der Waals surface area (Å²) in [5, 5.41) is 8.91. The molecule has 1 heterocycles. The topological polar surface area (TPSA) is 50.2 Å². The van der Waals surface area contributed by atoms with E-state index in [0.29, 0.717) is 5.69 Å². The van der Waals surface area contributed by atoms with Gasteiger partial charge in [0.1, 0.15) is 5.69 Å². The predicted octanol–water partition coefficient (Wildman–Crippen LogP) is 2.77. The Morgan fingerprint density at radius 3 is 2.56 bits per heavy atom. The third-order valence-corrected chi connectivity index (χ3v) is 2.57. The summed E-state index contributed by atoms with van der Waals surface area (Å²) in [4.78, 5) is 14.7. The van der Waals surface area contributed by atoms with Crippen LogP contribution in [0.3, 0.4) is 0 Å². The van der Waals surface area contributed by atoms with E-state index >= 15 is 0 Å². The lowest BCUT2D eigenvalue weighted by atomic mass is 10.1. The Balaban J connectivity index is 2.48. The Labute approximate surface area is 91.1 Å².